The molecule has 4 heterocycles. The summed E-state index contributed by atoms with van der Waals surface area (Å²) >= 11 is 6.39. The lowest BCUT2D eigenvalue weighted by Crippen LogP contribution is -2.25. The van der Waals surface area contributed by atoms with Gasteiger partial charge in [0.1, 0.15) is 16.4 Å². The number of pyridine rings is 3. The molecule has 0 saturated carbocycles. The van der Waals surface area contributed by atoms with Gasteiger partial charge in [0.2, 0.25) is 0 Å². The SMILES string of the molecule is Cc1cnc(CC(=O)c2cc(C)n(-c3cc(-c4ccnc(C(C)(C)O)n4)ncc3C)c(=O)c2Cl)c(F)c1. The maximum Gasteiger partial charge on any atom is 0.274 e. The Balaban J connectivity index is 1.76. The predicted molar refractivity (Wildman–Crippen MR) is 138 cm³/mol. The van der Waals surface area contributed by atoms with Crippen molar-refractivity contribution in [3.63, 3.8) is 0 Å². The molecule has 4 rings (SSSR count). The summed E-state index contributed by atoms with van der Waals surface area (Å²) in [5, 5.41) is 10.0. The number of aromatic nitrogens is 5. The van der Waals surface area contributed by atoms with Gasteiger partial charge in [-0.25, -0.2) is 14.4 Å². The van der Waals surface area contributed by atoms with E-state index >= 15 is 0 Å². The Kier molecular flexibility index (Phi) is 7.03. The van der Waals surface area contributed by atoms with Crippen molar-refractivity contribution < 1.29 is 14.3 Å². The van der Waals surface area contributed by atoms with Gasteiger partial charge >= 0.3 is 0 Å². The number of ketones is 1. The molecular weight excluding hydrogens is 497 g/mol. The monoisotopic (exact) mass is 521 g/mol. The van der Waals surface area contributed by atoms with E-state index in [1.165, 1.54) is 29.1 Å². The van der Waals surface area contributed by atoms with E-state index in [2.05, 4.69) is 19.9 Å². The number of carbonyl (C=O) groups excluding carboxylic acids is 1. The molecular formula is C27H25ClFN5O3. The van der Waals surface area contributed by atoms with Crippen LogP contribution in [0.25, 0.3) is 17.1 Å². The Morgan fingerprint density at radius 3 is 2.49 bits per heavy atom. The van der Waals surface area contributed by atoms with Gasteiger partial charge in [-0.2, -0.15) is 0 Å². The van der Waals surface area contributed by atoms with Crippen LogP contribution in [0, 0.1) is 26.6 Å². The van der Waals surface area contributed by atoms with E-state index in [9.17, 15) is 19.1 Å². The van der Waals surface area contributed by atoms with Gasteiger partial charge in [-0.15, -0.1) is 0 Å². The summed E-state index contributed by atoms with van der Waals surface area (Å²) in [6.45, 7) is 8.33. The molecule has 0 fully saturated rings. The van der Waals surface area contributed by atoms with Crippen LogP contribution in [0.1, 0.15) is 52.5 Å². The van der Waals surface area contributed by atoms with Crippen molar-refractivity contribution in [2.24, 2.45) is 0 Å². The van der Waals surface area contributed by atoms with Gasteiger partial charge in [0.15, 0.2) is 11.6 Å². The average Bonchev–Trinajstić information content (AvgIpc) is 2.84. The minimum atomic E-state index is -1.25. The number of hydrogen-bond acceptors (Lipinski definition) is 7. The minimum Gasteiger partial charge on any atom is -0.382 e. The molecule has 0 bridgehead atoms. The summed E-state index contributed by atoms with van der Waals surface area (Å²) in [6, 6.07) is 6.14. The van der Waals surface area contributed by atoms with Gasteiger partial charge in [0.05, 0.1) is 29.2 Å². The van der Waals surface area contributed by atoms with Crippen LogP contribution in [-0.4, -0.2) is 35.4 Å². The fourth-order valence-corrected chi connectivity index (χ4v) is 4.09. The van der Waals surface area contributed by atoms with E-state index in [-0.39, 0.29) is 28.5 Å². The Labute approximate surface area is 217 Å². The molecule has 0 spiro atoms. The van der Waals surface area contributed by atoms with Crippen molar-refractivity contribution in [1.82, 2.24) is 24.5 Å². The number of Topliss-reactive ketones (excluding diaryl/α,β-unsaturated/α-hetero) is 1. The second-order valence-corrected chi connectivity index (χ2v) is 9.75. The smallest absolute Gasteiger partial charge is 0.274 e. The Morgan fingerprint density at radius 1 is 1.08 bits per heavy atom. The maximum atomic E-state index is 14.2. The number of halogens is 2. The van der Waals surface area contributed by atoms with E-state index in [1.807, 2.05) is 0 Å². The number of nitrogens with zero attached hydrogens (tertiary/aromatic N) is 5. The first-order valence-corrected chi connectivity index (χ1v) is 11.8. The zero-order valence-corrected chi connectivity index (χ0v) is 21.8. The van der Waals surface area contributed by atoms with E-state index in [1.54, 1.807) is 52.9 Å². The van der Waals surface area contributed by atoms with Crippen LogP contribution in [0.2, 0.25) is 5.02 Å². The second-order valence-electron chi connectivity index (χ2n) is 9.38. The maximum absolute atomic E-state index is 14.2. The molecule has 8 nitrogen and oxygen atoms in total. The fraction of sp³-hybridized carbons (Fsp3) is 0.259. The van der Waals surface area contributed by atoms with Crippen molar-refractivity contribution in [2.45, 2.75) is 46.6 Å². The molecule has 1 N–H and O–H groups in total. The molecule has 0 radical (unpaired) electrons. The molecule has 0 aliphatic rings. The summed E-state index contributed by atoms with van der Waals surface area (Å²) in [5.74, 6) is -0.875. The van der Waals surface area contributed by atoms with Crippen molar-refractivity contribution in [1.29, 1.82) is 0 Å². The van der Waals surface area contributed by atoms with Crippen molar-refractivity contribution in [3.8, 4) is 17.1 Å². The molecule has 10 heteroatoms. The van der Waals surface area contributed by atoms with Crippen molar-refractivity contribution in [3.05, 3.63) is 98.0 Å². The highest BCUT2D eigenvalue weighted by molar-refractivity contribution is 6.33. The van der Waals surface area contributed by atoms with Gasteiger partial charge in [0, 0.05) is 29.8 Å². The van der Waals surface area contributed by atoms with Crippen LogP contribution in [0.5, 0.6) is 0 Å². The molecule has 190 valence electrons. The van der Waals surface area contributed by atoms with Gasteiger partial charge in [-0.3, -0.25) is 24.1 Å². The third kappa shape index (κ3) is 5.33. The summed E-state index contributed by atoms with van der Waals surface area (Å²) in [4.78, 5) is 43.3. The molecule has 37 heavy (non-hydrogen) atoms. The van der Waals surface area contributed by atoms with Gasteiger partial charge < -0.3 is 5.11 Å². The van der Waals surface area contributed by atoms with Crippen molar-refractivity contribution >= 4 is 17.4 Å². The Morgan fingerprint density at radius 2 is 1.81 bits per heavy atom. The van der Waals surface area contributed by atoms with Crippen LogP contribution < -0.4 is 5.56 Å². The fourth-order valence-electron chi connectivity index (χ4n) is 3.84. The summed E-state index contributed by atoms with van der Waals surface area (Å²) < 4.78 is 15.6. The van der Waals surface area contributed by atoms with Crippen LogP contribution in [0.4, 0.5) is 4.39 Å². The first-order valence-electron chi connectivity index (χ1n) is 11.5. The van der Waals surface area contributed by atoms with Gasteiger partial charge in [-0.1, -0.05) is 11.6 Å². The highest BCUT2D eigenvalue weighted by atomic mass is 35.5. The highest BCUT2D eigenvalue weighted by Crippen LogP contribution is 2.25. The van der Waals surface area contributed by atoms with Gasteiger partial charge in [-0.05, 0) is 70.0 Å². The number of aliphatic hydroxyl groups is 1. The molecule has 0 amide bonds. The molecule has 4 aromatic heterocycles. The molecule has 0 aliphatic heterocycles. The third-order valence-electron chi connectivity index (χ3n) is 5.80. The number of carbonyl (C=O) groups is 1. The number of hydrogen-bond donors (Lipinski definition) is 1. The van der Waals surface area contributed by atoms with Crippen LogP contribution in [0.3, 0.4) is 0 Å². The van der Waals surface area contributed by atoms with Crippen LogP contribution >= 0.6 is 11.6 Å². The lowest BCUT2D eigenvalue weighted by molar-refractivity contribution is 0.0688. The Hall–Kier alpha value is -3.82. The third-order valence-corrected chi connectivity index (χ3v) is 6.16. The van der Waals surface area contributed by atoms with Gasteiger partial charge in [0.25, 0.3) is 5.56 Å². The molecule has 0 aliphatic carbocycles. The number of rotatable bonds is 6. The summed E-state index contributed by atoms with van der Waals surface area (Å²) in [6.07, 6.45) is 4.27. The van der Waals surface area contributed by atoms with Crippen LogP contribution in [-0.2, 0) is 12.0 Å². The lowest BCUT2D eigenvalue weighted by atomic mass is 10.0. The quantitative estimate of drug-likeness (QED) is 0.373. The summed E-state index contributed by atoms with van der Waals surface area (Å²) in [7, 11) is 0. The zero-order valence-electron chi connectivity index (χ0n) is 21.0. The Bertz CT molecular complexity index is 1590. The standard InChI is InChI=1S/C27H25ClFN5O3/c1-14-8-18(29)20(31-12-14)11-23(35)17-9-16(3)34(25(36)24(17)28)22-10-21(32-13-15(22)2)19-6-7-30-26(33-19)27(4,5)37/h6-10,12-13,37H,11H2,1-5H3. The summed E-state index contributed by atoms with van der Waals surface area (Å²) in [5.41, 5.74) is 1.34. The van der Waals surface area contributed by atoms with Crippen molar-refractivity contribution in [2.75, 3.05) is 0 Å². The normalized spacial score (nSPS) is 11.6. The first kappa shape index (κ1) is 26.2. The zero-order chi connectivity index (χ0) is 27.1. The average molecular weight is 522 g/mol. The largest absolute Gasteiger partial charge is 0.382 e. The van der Waals surface area contributed by atoms with E-state index < -0.39 is 22.8 Å². The molecule has 0 saturated heterocycles. The highest BCUT2D eigenvalue weighted by Gasteiger charge is 2.23. The first-order chi connectivity index (χ1) is 17.4. The lowest BCUT2D eigenvalue weighted by Gasteiger charge is -2.17. The molecule has 0 unspecified atom stereocenters. The van der Waals surface area contributed by atoms with E-state index in [4.69, 9.17) is 11.6 Å². The minimum absolute atomic E-state index is 0.000237. The molecule has 0 aromatic carbocycles. The molecule has 4 aromatic rings. The van der Waals surface area contributed by atoms with E-state index in [0.29, 0.717) is 33.9 Å². The van der Waals surface area contributed by atoms with E-state index in [0.717, 1.165) is 0 Å². The topological polar surface area (TPSA) is 111 Å². The molecule has 0 atom stereocenters. The predicted octanol–water partition coefficient (Wildman–Crippen LogP) is 4.46. The van der Waals surface area contributed by atoms with Crippen LogP contribution in [0.15, 0.2) is 47.7 Å². The second kappa shape index (κ2) is 9.91. The number of aryl methyl sites for hydroxylation is 3.